The number of aromatic nitrogens is 1. The van der Waals surface area contributed by atoms with Crippen LogP contribution in [-0.2, 0) is 11.3 Å². The zero-order valence-electron chi connectivity index (χ0n) is 13.1. The highest BCUT2D eigenvalue weighted by molar-refractivity contribution is 6.01. The molecule has 0 unspecified atom stereocenters. The molecule has 0 spiro atoms. The Kier molecular flexibility index (Phi) is 6.13. The summed E-state index contributed by atoms with van der Waals surface area (Å²) in [6, 6.07) is 9.14. The van der Waals surface area contributed by atoms with Gasteiger partial charge in [0.05, 0.1) is 12.0 Å². The third kappa shape index (κ3) is 5.60. The molecule has 0 fully saturated rings. The van der Waals surface area contributed by atoms with E-state index in [0.717, 1.165) is 5.56 Å². The minimum atomic E-state index is -0.394. The first-order valence-electron chi connectivity index (χ1n) is 7.29. The van der Waals surface area contributed by atoms with E-state index in [9.17, 15) is 14.0 Å². The molecule has 7 heteroatoms. The Morgan fingerprint density at radius 2 is 1.96 bits per heavy atom. The number of halogens is 1. The van der Waals surface area contributed by atoms with Gasteiger partial charge in [0.25, 0.3) is 5.91 Å². The summed E-state index contributed by atoms with van der Waals surface area (Å²) < 4.78 is 12.8. The van der Waals surface area contributed by atoms with Gasteiger partial charge in [0.15, 0.2) is 0 Å². The SMILES string of the molecule is C/C(CC(=O)NCc1ccc(F)cc1)=N\NC(=O)c1cccnc1. The zero-order chi connectivity index (χ0) is 17.4. The fourth-order valence-corrected chi connectivity index (χ4v) is 1.85. The molecule has 0 radical (unpaired) electrons. The van der Waals surface area contributed by atoms with Crippen LogP contribution in [0.1, 0.15) is 29.3 Å². The van der Waals surface area contributed by atoms with E-state index in [2.05, 4.69) is 20.8 Å². The number of benzene rings is 1. The van der Waals surface area contributed by atoms with Crippen LogP contribution in [0.2, 0.25) is 0 Å². The Morgan fingerprint density at radius 1 is 1.21 bits per heavy atom. The summed E-state index contributed by atoms with van der Waals surface area (Å²) >= 11 is 0. The molecule has 2 aromatic rings. The van der Waals surface area contributed by atoms with Crippen LogP contribution in [-0.4, -0.2) is 22.5 Å². The second-order valence-corrected chi connectivity index (χ2v) is 5.11. The standard InChI is InChI=1S/C17H17FN4O2/c1-12(21-22-17(24)14-3-2-8-19-11-14)9-16(23)20-10-13-4-6-15(18)7-5-13/h2-8,11H,9-10H2,1H3,(H,20,23)(H,22,24)/b21-12+. The first kappa shape index (κ1) is 17.3. The van der Waals surface area contributed by atoms with Crippen LogP contribution in [0.3, 0.4) is 0 Å². The van der Waals surface area contributed by atoms with Crippen LogP contribution in [0, 0.1) is 5.82 Å². The van der Waals surface area contributed by atoms with E-state index in [1.165, 1.54) is 18.3 Å². The predicted molar refractivity (Wildman–Crippen MR) is 87.7 cm³/mol. The number of amides is 2. The lowest BCUT2D eigenvalue weighted by atomic mass is 10.2. The number of hydrogen-bond donors (Lipinski definition) is 2. The Hall–Kier alpha value is -3.09. The monoisotopic (exact) mass is 328 g/mol. The van der Waals surface area contributed by atoms with Gasteiger partial charge in [0.1, 0.15) is 5.82 Å². The van der Waals surface area contributed by atoms with Crippen molar-refractivity contribution < 1.29 is 14.0 Å². The van der Waals surface area contributed by atoms with Crippen molar-refractivity contribution in [3.63, 3.8) is 0 Å². The molecule has 2 amide bonds. The number of nitrogens with one attached hydrogen (secondary N) is 2. The molecule has 1 heterocycles. The van der Waals surface area contributed by atoms with Gasteiger partial charge in [-0.05, 0) is 36.8 Å². The van der Waals surface area contributed by atoms with E-state index < -0.39 is 5.91 Å². The van der Waals surface area contributed by atoms with Crippen molar-refractivity contribution in [2.24, 2.45) is 5.10 Å². The van der Waals surface area contributed by atoms with Gasteiger partial charge in [-0.25, -0.2) is 9.82 Å². The second kappa shape index (κ2) is 8.52. The highest BCUT2D eigenvalue weighted by Crippen LogP contribution is 2.02. The second-order valence-electron chi connectivity index (χ2n) is 5.11. The van der Waals surface area contributed by atoms with E-state index in [1.54, 1.807) is 37.4 Å². The van der Waals surface area contributed by atoms with Gasteiger partial charge in [-0.2, -0.15) is 5.10 Å². The molecule has 2 N–H and O–H groups in total. The molecule has 0 saturated carbocycles. The normalized spacial score (nSPS) is 11.0. The summed E-state index contributed by atoms with van der Waals surface area (Å²) in [6.07, 6.45) is 3.04. The van der Waals surface area contributed by atoms with Gasteiger partial charge in [0, 0.05) is 24.7 Å². The largest absolute Gasteiger partial charge is 0.352 e. The van der Waals surface area contributed by atoms with Gasteiger partial charge in [-0.1, -0.05) is 12.1 Å². The third-order valence-corrected chi connectivity index (χ3v) is 3.09. The Morgan fingerprint density at radius 3 is 2.62 bits per heavy atom. The van der Waals surface area contributed by atoms with Crippen molar-refractivity contribution in [1.29, 1.82) is 0 Å². The number of rotatable bonds is 6. The summed E-state index contributed by atoms with van der Waals surface area (Å²) in [6.45, 7) is 1.94. The number of nitrogens with zero attached hydrogens (tertiary/aromatic N) is 2. The van der Waals surface area contributed by atoms with Crippen molar-refractivity contribution in [2.45, 2.75) is 19.9 Å². The van der Waals surface area contributed by atoms with Crippen LogP contribution < -0.4 is 10.7 Å². The van der Waals surface area contributed by atoms with E-state index in [4.69, 9.17) is 0 Å². The maximum absolute atomic E-state index is 12.8. The van der Waals surface area contributed by atoms with Crippen LogP contribution in [0.4, 0.5) is 4.39 Å². The molecular formula is C17H17FN4O2. The Bertz CT molecular complexity index is 730. The molecule has 0 bridgehead atoms. The van der Waals surface area contributed by atoms with Crippen molar-refractivity contribution >= 4 is 17.5 Å². The lowest BCUT2D eigenvalue weighted by Gasteiger charge is -2.06. The van der Waals surface area contributed by atoms with Gasteiger partial charge < -0.3 is 5.32 Å². The van der Waals surface area contributed by atoms with Crippen molar-refractivity contribution in [2.75, 3.05) is 0 Å². The van der Waals surface area contributed by atoms with Gasteiger partial charge in [0.2, 0.25) is 5.91 Å². The molecule has 0 atom stereocenters. The highest BCUT2D eigenvalue weighted by atomic mass is 19.1. The average Bonchev–Trinajstić information content (AvgIpc) is 2.60. The molecule has 124 valence electrons. The summed E-state index contributed by atoms with van der Waals surface area (Å²) in [5.41, 5.74) is 4.01. The molecule has 2 rings (SSSR count). The fourth-order valence-electron chi connectivity index (χ4n) is 1.85. The topological polar surface area (TPSA) is 83.5 Å². The van der Waals surface area contributed by atoms with Crippen molar-refractivity contribution in [3.05, 3.63) is 65.7 Å². The van der Waals surface area contributed by atoms with Crippen LogP contribution in [0.15, 0.2) is 53.9 Å². The molecule has 24 heavy (non-hydrogen) atoms. The first-order chi connectivity index (χ1) is 11.5. The lowest BCUT2D eigenvalue weighted by Crippen LogP contribution is -2.26. The lowest BCUT2D eigenvalue weighted by molar-refractivity contribution is -0.120. The maximum atomic E-state index is 12.8. The number of carbonyl (C=O) groups is 2. The van der Waals surface area contributed by atoms with E-state index in [-0.39, 0.29) is 18.1 Å². The van der Waals surface area contributed by atoms with Crippen molar-refractivity contribution in [1.82, 2.24) is 15.7 Å². The van der Waals surface area contributed by atoms with Gasteiger partial charge in [-0.3, -0.25) is 14.6 Å². The predicted octanol–water partition coefficient (Wildman–Crippen LogP) is 2.03. The zero-order valence-corrected chi connectivity index (χ0v) is 13.1. The fraction of sp³-hybridized carbons (Fsp3) is 0.176. The molecular weight excluding hydrogens is 311 g/mol. The average molecular weight is 328 g/mol. The van der Waals surface area contributed by atoms with Crippen LogP contribution >= 0.6 is 0 Å². The summed E-state index contributed by atoms with van der Waals surface area (Å²) in [5, 5.41) is 6.59. The van der Waals surface area contributed by atoms with Crippen LogP contribution in [0.25, 0.3) is 0 Å². The van der Waals surface area contributed by atoms with Crippen molar-refractivity contribution in [3.8, 4) is 0 Å². The van der Waals surface area contributed by atoms with Gasteiger partial charge in [-0.15, -0.1) is 0 Å². The van der Waals surface area contributed by atoms with E-state index in [1.807, 2.05) is 0 Å². The molecule has 1 aromatic carbocycles. The maximum Gasteiger partial charge on any atom is 0.272 e. The molecule has 6 nitrogen and oxygen atoms in total. The number of pyridine rings is 1. The molecule has 0 aliphatic rings. The molecule has 1 aromatic heterocycles. The minimum absolute atomic E-state index is 0.0501. The minimum Gasteiger partial charge on any atom is -0.352 e. The quantitative estimate of drug-likeness (QED) is 0.629. The molecule has 0 saturated heterocycles. The Labute approximate surface area is 138 Å². The third-order valence-electron chi connectivity index (χ3n) is 3.09. The number of hydrogen-bond acceptors (Lipinski definition) is 4. The molecule has 0 aliphatic carbocycles. The number of hydrazone groups is 1. The van der Waals surface area contributed by atoms with Gasteiger partial charge >= 0.3 is 0 Å². The smallest absolute Gasteiger partial charge is 0.272 e. The summed E-state index contributed by atoms with van der Waals surface area (Å²) in [4.78, 5) is 27.4. The van der Waals surface area contributed by atoms with E-state index in [0.29, 0.717) is 17.8 Å². The summed E-state index contributed by atoms with van der Waals surface area (Å²) in [7, 11) is 0. The van der Waals surface area contributed by atoms with Crippen LogP contribution in [0.5, 0.6) is 0 Å². The first-order valence-corrected chi connectivity index (χ1v) is 7.29. The van der Waals surface area contributed by atoms with E-state index >= 15 is 0 Å². The Balaban J connectivity index is 1.78. The number of carbonyl (C=O) groups excluding carboxylic acids is 2. The molecule has 0 aliphatic heterocycles. The summed E-state index contributed by atoms with van der Waals surface area (Å²) in [5.74, 6) is -0.956. The highest BCUT2D eigenvalue weighted by Gasteiger charge is 2.06.